The maximum atomic E-state index is 11.1. The summed E-state index contributed by atoms with van der Waals surface area (Å²) in [5.74, 6) is 5.32. The molecule has 3 aromatic carbocycles. The summed E-state index contributed by atoms with van der Waals surface area (Å²) in [6.07, 6.45) is -0.0184. The second-order valence-electron chi connectivity index (χ2n) is 7.36. The molecule has 1 N–H and O–H groups in total. The monoisotopic (exact) mass is 460 g/mol. The topological polar surface area (TPSA) is 46.5 Å². The Bertz CT molecular complexity index is 1310. The van der Waals surface area contributed by atoms with Crippen molar-refractivity contribution < 1.29 is 14.6 Å². The van der Waals surface area contributed by atoms with Crippen LogP contribution in [0.1, 0.15) is 30.4 Å². The van der Waals surface area contributed by atoms with Gasteiger partial charge >= 0.3 is 5.97 Å². The molecule has 0 aliphatic heterocycles. The maximum absolute atomic E-state index is 11.1. The van der Waals surface area contributed by atoms with Crippen LogP contribution in [0, 0.1) is 11.8 Å². The Morgan fingerprint density at radius 2 is 1.88 bits per heavy atom. The number of rotatable bonds is 7. The summed E-state index contributed by atoms with van der Waals surface area (Å²) < 4.78 is 7.19. The fourth-order valence-corrected chi connectivity index (χ4v) is 4.80. The first-order valence-corrected chi connectivity index (χ1v) is 11.4. The van der Waals surface area contributed by atoms with Gasteiger partial charge in [0, 0.05) is 26.2 Å². The van der Waals surface area contributed by atoms with Crippen LogP contribution in [0.15, 0.2) is 72.1 Å². The van der Waals surface area contributed by atoms with E-state index in [2.05, 4.69) is 35.4 Å². The van der Waals surface area contributed by atoms with E-state index < -0.39 is 5.97 Å². The first kappa shape index (κ1) is 22.0. The Morgan fingerprint density at radius 3 is 2.59 bits per heavy atom. The highest BCUT2D eigenvalue weighted by Crippen LogP contribution is 2.38. The number of hydrogen-bond acceptors (Lipinski definition) is 3. The van der Waals surface area contributed by atoms with Gasteiger partial charge in [-0.2, -0.15) is 0 Å². The maximum Gasteiger partial charge on any atom is 0.304 e. The van der Waals surface area contributed by atoms with Gasteiger partial charge in [0.15, 0.2) is 0 Å². The summed E-state index contributed by atoms with van der Waals surface area (Å²) in [7, 11) is 0. The van der Waals surface area contributed by atoms with Gasteiger partial charge in [-0.15, -0.1) is 17.3 Å². The zero-order valence-corrected chi connectivity index (χ0v) is 19.0. The molecule has 3 nitrogen and oxygen atoms in total. The lowest BCUT2D eigenvalue weighted by atomic mass is 9.96. The summed E-state index contributed by atoms with van der Waals surface area (Å²) in [5.41, 5.74) is 4.09. The van der Waals surface area contributed by atoms with E-state index in [-0.39, 0.29) is 12.3 Å². The lowest BCUT2D eigenvalue weighted by Gasteiger charge is -2.11. The van der Waals surface area contributed by atoms with Crippen LogP contribution in [-0.4, -0.2) is 11.1 Å². The number of aliphatic carboxylic acids is 1. The SMILES string of the molecule is CC#CC(CC(=O)O)c1ccc(OCc2ccc3scc(-c4ccccc4Cl)c3c2)cc1. The lowest BCUT2D eigenvalue weighted by molar-refractivity contribution is -0.137. The van der Waals surface area contributed by atoms with E-state index in [1.165, 1.54) is 4.70 Å². The van der Waals surface area contributed by atoms with Crippen LogP contribution >= 0.6 is 22.9 Å². The number of carboxylic acid groups (broad SMARTS) is 1. The van der Waals surface area contributed by atoms with E-state index in [0.717, 1.165) is 38.4 Å². The molecule has 1 heterocycles. The van der Waals surface area contributed by atoms with Crippen LogP contribution in [0.25, 0.3) is 21.2 Å². The summed E-state index contributed by atoms with van der Waals surface area (Å²) in [6.45, 7) is 2.15. The molecule has 0 bridgehead atoms. The number of thiophene rings is 1. The smallest absolute Gasteiger partial charge is 0.304 e. The molecule has 0 saturated heterocycles. The molecule has 5 heteroatoms. The van der Waals surface area contributed by atoms with Crippen molar-refractivity contribution in [2.75, 3.05) is 0 Å². The molecule has 32 heavy (non-hydrogen) atoms. The normalized spacial score (nSPS) is 11.6. The number of benzene rings is 3. The summed E-state index contributed by atoms with van der Waals surface area (Å²) >= 11 is 8.12. The molecular weight excluding hydrogens is 440 g/mol. The fraction of sp³-hybridized carbons (Fsp3) is 0.148. The van der Waals surface area contributed by atoms with Crippen molar-refractivity contribution in [3.05, 3.63) is 88.3 Å². The van der Waals surface area contributed by atoms with Crippen LogP contribution in [-0.2, 0) is 11.4 Å². The van der Waals surface area contributed by atoms with Crippen molar-refractivity contribution >= 4 is 39.0 Å². The third-order valence-corrected chi connectivity index (χ3v) is 6.48. The van der Waals surface area contributed by atoms with Gasteiger partial charge in [0.25, 0.3) is 0 Å². The minimum Gasteiger partial charge on any atom is -0.489 e. The zero-order chi connectivity index (χ0) is 22.5. The summed E-state index contributed by atoms with van der Waals surface area (Å²) in [4.78, 5) is 11.1. The zero-order valence-electron chi connectivity index (χ0n) is 17.5. The van der Waals surface area contributed by atoms with E-state index in [4.69, 9.17) is 21.4 Å². The standard InChI is InChI=1S/C27H21ClO3S/c1-2-5-20(15-27(29)30)19-9-11-21(12-10-19)31-16-18-8-13-26-23(14-18)24(17-32-26)22-6-3-4-7-25(22)28/h3-4,6-14,17,20H,15-16H2,1H3,(H,29,30). The number of carbonyl (C=O) groups is 1. The molecule has 0 aliphatic rings. The molecule has 0 spiro atoms. The van der Waals surface area contributed by atoms with Gasteiger partial charge in [-0.05, 0) is 53.8 Å². The van der Waals surface area contributed by atoms with Crippen molar-refractivity contribution in [1.82, 2.24) is 0 Å². The molecule has 4 aromatic rings. The molecule has 1 aromatic heterocycles. The van der Waals surface area contributed by atoms with Gasteiger partial charge in [-0.25, -0.2) is 0 Å². The highest BCUT2D eigenvalue weighted by atomic mass is 35.5. The van der Waals surface area contributed by atoms with Crippen LogP contribution < -0.4 is 4.74 Å². The van der Waals surface area contributed by atoms with Crippen LogP contribution in [0.2, 0.25) is 5.02 Å². The first-order valence-electron chi connectivity index (χ1n) is 10.2. The largest absolute Gasteiger partial charge is 0.489 e. The molecule has 0 saturated carbocycles. The molecule has 0 radical (unpaired) electrons. The van der Waals surface area contributed by atoms with Crippen molar-refractivity contribution in [2.24, 2.45) is 0 Å². The fourth-order valence-electron chi connectivity index (χ4n) is 3.62. The van der Waals surface area contributed by atoms with Crippen molar-refractivity contribution in [3.8, 4) is 28.7 Å². The van der Waals surface area contributed by atoms with Gasteiger partial charge in [0.1, 0.15) is 12.4 Å². The second-order valence-corrected chi connectivity index (χ2v) is 8.68. The average molecular weight is 461 g/mol. The Morgan fingerprint density at radius 1 is 1.09 bits per heavy atom. The van der Waals surface area contributed by atoms with E-state index in [1.54, 1.807) is 18.3 Å². The minimum atomic E-state index is -0.863. The molecule has 4 rings (SSSR count). The van der Waals surface area contributed by atoms with Crippen molar-refractivity contribution in [2.45, 2.75) is 25.9 Å². The van der Waals surface area contributed by atoms with Gasteiger partial charge in [-0.1, -0.05) is 53.9 Å². The molecule has 1 unspecified atom stereocenters. The number of hydrogen-bond donors (Lipinski definition) is 1. The third-order valence-electron chi connectivity index (χ3n) is 5.19. The molecule has 0 fully saturated rings. The number of halogens is 1. The van der Waals surface area contributed by atoms with Gasteiger partial charge in [0.2, 0.25) is 0 Å². The van der Waals surface area contributed by atoms with Crippen molar-refractivity contribution in [3.63, 3.8) is 0 Å². The predicted octanol–water partition coefficient (Wildman–Crippen LogP) is 7.38. The van der Waals surface area contributed by atoms with Crippen LogP contribution in [0.4, 0.5) is 0 Å². The number of ether oxygens (including phenoxy) is 1. The van der Waals surface area contributed by atoms with E-state index in [0.29, 0.717) is 6.61 Å². The Hall–Kier alpha value is -3.26. The first-order chi connectivity index (χ1) is 15.5. The Kier molecular flexibility index (Phi) is 6.80. The van der Waals surface area contributed by atoms with E-state index >= 15 is 0 Å². The minimum absolute atomic E-state index is 0.0184. The van der Waals surface area contributed by atoms with E-state index in [9.17, 15) is 4.79 Å². The quantitative estimate of drug-likeness (QED) is 0.292. The second kappa shape index (κ2) is 9.91. The molecular formula is C27H21ClO3S. The Balaban J connectivity index is 1.51. The Labute approximate surface area is 196 Å². The predicted molar refractivity (Wildman–Crippen MR) is 131 cm³/mol. The van der Waals surface area contributed by atoms with Crippen LogP contribution in [0.5, 0.6) is 5.75 Å². The lowest BCUT2D eigenvalue weighted by Crippen LogP contribution is -2.04. The number of fused-ring (bicyclic) bond motifs is 1. The van der Waals surface area contributed by atoms with Crippen molar-refractivity contribution in [1.29, 1.82) is 0 Å². The highest BCUT2D eigenvalue weighted by Gasteiger charge is 2.13. The molecule has 0 aliphatic carbocycles. The van der Waals surface area contributed by atoms with Gasteiger partial charge < -0.3 is 9.84 Å². The highest BCUT2D eigenvalue weighted by molar-refractivity contribution is 7.17. The van der Waals surface area contributed by atoms with Crippen LogP contribution in [0.3, 0.4) is 0 Å². The number of carboxylic acids is 1. The summed E-state index contributed by atoms with van der Waals surface area (Å²) in [6, 6.07) is 21.7. The molecule has 1 atom stereocenters. The van der Waals surface area contributed by atoms with E-state index in [1.807, 2.05) is 48.5 Å². The van der Waals surface area contributed by atoms with Gasteiger partial charge in [0.05, 0.1) is 12.3 Å². The third kappa shape index (κ3) is 4.96. The molecule has 0 amide bonds. The molecule has 160 valence electrons. The summed E-state index contributed by atoms with van der Waals surface area (Å²) in [5, 5.41) is 13.1. The van der Waals surface area contributed by atoms with Gasteiger partial charge in [-0.3, -0.25) is 4.79 Å². The average Bonchev–Trinajstić information content (AvgIpc) is 3.21.